The maximum Gasteiger partial charge on any atom is 0.129 e. The summed E-state index contributed by atoms with van der Waals surface area (Å²) in [5.74, 6) is 0.963. The molecule has 19 heavy (non-hydrogen) atoms. The van der Waals surface area contributed by atoms with Crippen LogP contribution in [0, 0.1) is 5.82 Å². The molecule has 0 spiro atoms. The fourth-order valence-corrected chi connectivity index (χ4v) is 4.29. The van der Waals surface area contributed by atoms with Crippen LogP contribution in [0.25, 0.3) is 0 Å². The first-order valence-electron chi connectivity index (χ1n) is 6.89. The van der Waals surface area contributed by atoms with Gasteiger partial charge in [0.2, 0.25) is 0 Å². The molecule has 2 rings (SSSR count). The molecule has 0 bridgehead atoms. The molecule has 0 amide bonds. The highest BCUT2D eigenvalue weighted by atomic mass is 35.5. The molecule has 0 aliphatic carbocycles. The van der Waals surface area contributed by atoms with Crippen molar-refractivity contribution in [1.29, 1.82) is 0 Å². The van der Waals surface area contributed by atoms with Crippen molar-refractivity contribution in [2.45, 2.75) is 43.9 Å². The topological polar surface area (TPSA) is 12.0 Å². The number of nitrogens with one attached hydrogen (secondary N) is 1. The molecule has 1 saturated heterocycles. The van der Waals surface area contributed by atoms with Crippen LogP contribution in [0.5, 0.6) is 0 Å². The average Bonchev–Trinajstić information content (AvgIpc) is 2.80. The summed E-state index contributed by atoms with van der Waals surface area (Å²) >= 11 is 7.80. The molecule has 4 heteroatoms. The van der Waals surface area contributed by atoms with Crippen LogP contribution in [0.1, 0.15) is 44.7 Å². The zero-order valence-electron chi connectivity index (χ0n) is 11.5. The lowest BCUT2D eigenvalue weighted by molar-refractivity contribution is 0.399. The first kappa shape index (κ1) is 15.1. The van der Waals surface area contributed by atoms with Gasteiger partial charge in [-0.25, -0.2) is 4.39 Å². The Morgan fingerprint density at radius 1 is 1.53 bits per heavy atom. The van der Waals surface area contributed by atoms with Crippen LogP contribution in [0.2, 0.25) is 5.02 Å². The number of halogens is 2. The Balaban J connectivity index is 2.31. The van der Waals surface area contributed by atoms with E-state index in [9.17, 15) is 4.39 Å². The molecule has 106 valence electrons. The molecule has 1 N–H and O–H groups in total. The largest absolute Gasteiger partial charge is 0.309 e. The molecule has 1 aromatic carbocycles. The van der Waals surface area contributed by atoms with Crippen LogP contribution in [0.3, 0.4) is 0 Å². The van der Waals surface area contributed by atoms with Crippen LogP contribution >= 0.6 is 23.4 Å². The third-order valence-corrected chi connectivity index (χ3v) is 5.56. The van der Waals surface area contributed by atoms with Crippen LogP contribution in [-0.4, -0.2) is 17.0 Å². The molecule has 1 heterocycles. The lowest BCUT2D eigenvalue weighted by Gasteiger charge is -2.34. The number of rotatable bonds is 5. The van der Waals surface area contributed by atoms with E-state index in [2.05, 4.69) is 19.2 Å². The summed E-state index contributed by atoms with van der Waals surface area (Å²) in [6, 6.07) is 5.08. The Hall–Kier alpha value is -0.250. The van der Waals surface area contributed by atoms with Gasteiger partial charge in [0.25, 0.3) is 0 Å². The Morgan fingerprint density at radius 2 is 2.32 bits per heavy atom. The maximum atomic E-state index is 14.2. The standard InChI is InChI=1S/C15H21ClFNS/c1-3-8-18-14(15(2)7-4-9-19-15)12-6-5-11(16)10-13(12)17/h5-6,10,14,18H,3-4,7-9H2,1-2H3. The highest BCUT2D eigenvalue weighted by Gasteiger charge is 2.39. The van der Waals surface area contributed by atoms with Gasteiger partial charge in [0.15, 0.2) is 0 Å². The quantitative estimate of drug-likeness (QED) is 0.838. The van der Waals surface area contributed by atoms with Crippen molar-refractivity contribution in [1.82, 2.24) is 5.32 Å². The minimum atomic E-state index is -0.199. The van der Waals surface area contributed by atoms with Gasteiger partial charge in [-0.3, -0.25) is 0 Å². The van der Waals surface area contributed by atoms with Crippen molar-refractivity contribution in [2.24, 2.45) is 0 Å². The molecule has 2 atom stereocenters. The number of thioether (sulfide) groups is 1. The third-order valence-electron chi connectivity index (χ3n) is 3.73. The molecule has 1 aliphatic heterocycles. The lowest BCUT2D eigenvalue weighted by Crippen LogP contribution is -2.38. The van der Waals surface area contributed by atoms with E-state index in [-0.39, 0.29) is 16.6 Å². The van der Waals surface area contributed by atoms with E-state index in [1.165, 1.54) is 12.5 Å². The SMILES string of the molecule is CCCNC(c1ccc(Cl)cc1F)C1(C)CCCS1. The molecule has 2 unspecified atom stereocenters. The molecule has 1 nitrogen and oxygen atoms in total. The minimum absolute atomic E-state index is 0.0530. The average molecular weight is 302 g/mol. The van der Waals surface area contributed by atoms with Crippen molar-refractivity contribution >= 4 is 23.4 Å². The van der Waals surface area contributed by atoms with Crippen molar-refractivity contribution in [3.8, 4) is 0 Å². The number of hydrogen-bond donors (Lipinski definition) is 1. The smallest absolute Gasteiger partial charge is 0.129 e. The van der Waals surface area contributed by atoms with Gasteiger partial charge in [0, 0.05) is 21.4 Å². The van der Waals surface area contributed by atoms with E-state index in [0.717, 1.165) is 30.7 Å². The van der Waals surface area contributed by atoms with Gasteiger partial charge in [-0.15, -0.1) is 0 Å². The zero-order chi connectivity index (χ0) is 13.9. The lowest BCUT2D eigenvalue weighted by atomic mass is 9.90. The summed E-state index contributed by atoms with van der Waals surface area (Å²) < 4.78 is 14.3. The molecular weight excluding hydrogens is 281 g/mol. The van der Waals surface area contributed by atoms with Gasteiger partial charge in [-0.2, -0.15) is 11.8 Å². The first-order valence-corrected chi connectivity index (χ1v) is 8.25. The van der Waals surface area contributed by atoms with Gasteiger partial charge >= 0.3 is 0 Å². The van der Waals surface area contributed by atoms with Gasteiger partial charge in [0.1, 0.15) is 5.82 Å². The van der Waals surface area contributed by atoms with Gasteiger partial charge in [-0.1, -0.05) is 24.6 Å². The molecular formula is C15H21ClFNS. The predicted molar refractivity (Wildman–Crippen MR) is 82.5 cm³/mol. The summed E-state index contributed by atoms with van der Waals surface area (Å²) in [6.07, 6.45) is 3.38. The number of benzene rings is 1. The van der Waals surface area contributed by atoms with Crippen LogP contribution in [-0.2, 0) is 0 Å². The molecule has 1 fully saturated rings. The Labute approximate surface area is 124 Å². The van der Waals surface area contributed by atoms with Crippen molar-refractivity contribution in [3.63, 3.8) is 0 Å². The Bertz CT molecular complexity index is 432. The Morgan fingerprint density at radius 3 is 2.89 bits per heavy atom. The zero-order valence-corrected chi connectivity index (χ0v) is 13.1. The third kappa shape index (κ3) is 3.45. The number of hydrogen-bond acceptors (Lipinski definition) is 2. The highest BCUT2D eigenvalue weighted by molar-refractivity contribution is 8.00. The van der Waals surface area contributed by atoms with E-state index in [1.54, 1.807) is 6.07 Å². The summed E-state index contributed by atoms with van der Waals surface area (Å²) in [5.41, 5.74) is 0.745. The fraction of sp³-hybridized carbons (Fsp3) is 0.600. The molecule has 0 saturated carbocycles. The van der Waals surface area contributed by atoms with E-state index < -0.39 is 0 Å². The molecule has 0 aromatic heterocycles. The first-order chi connectivity index (χ1) is 9.07. The van der Waals surface area contributed by atoms with Crippen molar-refractivity contribution < 1.29 is 4.39 Å². The van der Waals surface area contributed by atoms with Gasteiger partial charge in [-0.05, 0) is 50.6 Å². The second-order valence-electron chi connectivity index (χ2n) is 5.32. The summed E-state index contributed by atoms with van der Waals surface area (Å²) in [4.78, 5) is 0. The molecule has 0 radical (unpaired) electrons. The second kappa shape index (κ2) is 6.47. The van der Waals surface area contributed by atoms with E-state index in [0.29, 0.717) is 5.02 Å². The van der Waals surface area contributed by atoms with Crippen LogP contribution in [0.4, 0.5) is 4.39 Å². The second-order valence-corrected chi connectivity index (χ2v) is 7.38. The van der Waals surface area contributed by atoms with Crippen LogP contribution in [0.15, 0.2) is 18.2 Å². The van der Waals surface area contributed by atoms with Gasteiger partial charge in [0.05, 0.1) is 0 Å². The minimum Gasteiger partial charge on any atom is -0.309 e. The van der Waals surface area contributed by atoms with E-state index in [1.807, 2.05) is 17.8 Å². The summed E-state index contributed by atoms with van der Waals surface area (Å²) in [7, 11) is 0. The maximum absolute atomic E-state index is 14.2. The normalized spacial score (nSPS) is 24.6. The van der Waals surface area contributed by atoms with E-state index in [4.69, 9.17) is 11.6 Å². The Kier molecular flexibility index (Phi) is 5.15. The summed E-state index contributed by atoms with van der Waals surface area (Å²) in [6.45, 7) is 5.28. The highest BCUT2D eigenvalue weighted by Crippen LogP contribution is 2.47. The van der Waals surface area contributed by atoms with Crippen LogP contribution < -0.4 is 5.32 Å². The summed E-state index contributed by atoms with van der Waals surface area (Å²) in [5, 5.41) is 3.98. The molecule has 1 aromatic rings. The fourth-order valence-electron chi connectivity index (χ4n) is 2.71. The van der Waals surface area contributed by atoms with Gasteiger partial charge < -0.3 is 5.32 Å². The van der Waals surface area contributed by atoms with E-state index >= 15 is 0 Å². The van der Waals surface area contributed by atoms with Crippen molar-refractivity contribution in [3.05, 3.63) is 34.6 Å². The molecule has 1 aliphatic rings. The predicted octanol–water partition coefficient (Wildman–Crippen LogP) is 4.81. The monoisotopic (exact) mass is 301 g/mol. The van der Waals surface area contributed by atoms with Crippen molar-refractivity contribution in [2.75, 3.05) is 12.3 Å².